The fourth-order valence-corrected chi connectivity index (χ4v) is 9.36. The number of hydrogen-bond acceptors (Lipinski definition) is 1. The molecule has 0 saturated heterocycles. The van der Waals surface area contributed by atoms with Crippen LogP contribution in [-0.4, -0.2) is 0 Å². The van der Waals surface area contributed by atoms with Crippen molar-refractivity contribution in [2.75, 3.05) is 4.90 Å². The molecule has 9 aromatic rings. The molecule has 2 aliphatic carbocycles. The number of anilines is 3. The number of hydrogen-bond donors (Lipinski definition) is 0. The van der Waals surface area contributed by atoms with Gasteiger partial charge in [0.1, 0.15) is 0 Å². The zero-order chi connectivity index (χ0) is 34.2. The molecule has 11 rings (SSSR count). The van der Waals surface area contributed by atoms with Crippen molar-refractivity contribution in [3.63, 3.8) is 0 Å². The fraction of sp³-hybridized carbons (Fsp3) is 0.0196. The minimum absolute atomic E-state index is 0.442. The van der Waals surface area contributed by atoms with Crippen LogP contribution in [0, 0.1) is 0 Å². The SMILES string of the molecule is c1ccc(-c2cccc(N(c3ccccc3)c3ccc4c5c(ccc4c3)-c3ccc4ccccc4c3C53c4ccccc4-c4ccccc43)c2)cc1. The van der Waals surface area contributed by atoms with Crippen molar-refractivity contribution in [1.29, 1.82) is 0 Å². The number of benzene rings is 9. The van der Waals surface area contributed by atoms with Crippen LogP contribution in [0.4, 0.5) is 17.1 Å². The van der Waals surface area contributed by atoms with Crippen molar-refractivity contribution in [3.8, 4) is 33.4 Å². The van der Waals surface area contributed by atoms with Gasteiger partial charge in [-0.05, 0) is 114 Å². The molecule has 0 aromatic heterocycles. The first-order valence-electron chi connectivity index (χ1n) is 18.1. The lowest BCUT2D eigenvalue weighted by atomic mass is 9.68. The van der Waals surface area contributed by atoms with Crippen molar-refractivity contribution in [1.82, 2.24) is 0 Å². The first-order valence-corrected chi connectivity index (χ1v) is 18.1. The van der Waals surface area contributed by atoms with Crippen LogP contribution in [0.25, 0.3) is 54.9 Å². The van der Waals surface area contributed by atoms with E-state index >= 15 is 0 Å². The summed E-state index contributed by atoms with van der Waals surface area (Å²) in [7, 11) is 0. The molecule has 1 heteroatoms. The molecule has 0 bridgehead atoms. The number of rotatable bonds is 4. The lowest BCUT2D eigenvalue weighted by molar-refractivity contribution is 0.809. The molecule has 0 N–H and O–H groups in total. The molecule has 0 amide bonds. The van der Waals surface area contributed by atoms with Gasteiger partial charge in [-0.15, -0.1) is 0 Å². The maximum atomic E-state index is 2.39. The summed E-state index contributed by atoms with van der Waals surface area (Å²) in [6, 6.07) is 73.9. The highest BCUT2D eigenvalue weighted by molar-refractivity contribution is 6.09. The number of fused-ring (bicyclic) bond motifs is 14. The molecule has 2 aliphatic rings. The molecule has 242 valence electrons. The summed E-state index contributed by atoms with van der Waals surface area (Å²) in [5.74, 6) is 0. The van der Waals surface area contributed by atoms with Gasteiger partial charge in [0.05, 0.1) is 5.41 Å². The largest absolute Gasteiger partial charge is 0.310 e. The van der Waals surface area contributed by atoms with Crippen LogP contribution in [0.3, 0.4) is 0 Å². The van der Waals surface area contributed by atoms with E-state index in [1.165, 1.54) is 77.2 Å². The molecular formula is C51H33N. The van der Waals surface area contributed by atoms with E-state index in [0.29, 0.717) is 0 Å². The third-order valence-corrected chi connectivity index (χ3v) is 11.4. The van der Waals surface area contributed by atoms with Crippen LogP contribution in [0.2, 0.25) is 0 Å². The second kappa shape index (κ2) is 11.2. The van der Waals surface area contributed by atoms with Crippen molar-refractivity contribution in [3.05, 3.63) is 222 Å². The summed E-state index contributed by atoms with van der Waals surface area (Å²) in [6.45, 7) is 0. The normalized spacial score (nSPS) is 13.2. The Balaban J connectivity index is 1.19. The second-order valence-electron chi connectivity index (χ2n) is 14.0. The van der Waals surface area contributed by atoms with Gasteiger partial charge in [-0.1, -0.05) is 164 Å². The molecule has 0 unspecified atom stereocenters. The fourth-order valence-electron chi connectivity index (χ4n) is 9.36. The molecule has 0 radical (unpaired) electrons. The van der Waals surface area contributed by atoms with Gasteiger partial charge in [-0.25, -0.2) is 0 Å². The summed E-state index contributed by atoms with van der Waals surface area (Å²) >= 11 is 0. The van der Waals surface area contributed by atoms with Crippen molar-refractivity contribution >= 4 is 38.6 Å². The van der Waals surface area contributed by atoms with E-state index in [-0.39, 0.29) is 0 Å². The van der Waals surface area contributed by atoms with Crippen LogP contribution < -0.4 is 4.90 Å². The minimum Gasteiger partial charge on any atom is -0.310 e. The molecular weight excluding hydrogens is 627 g/mol. The van der Waals surface area contributed by atoms with E-state index < -0.39 is 5.41 Å². The smallest absolute Gasteiger partial charge is 0.0737 e. The topological polar surface area (TPSA) is 3.24 Å². The summed E-state index contributed by atoms with van der Waals surface area (Å²) in [5.41, 5.74) is 16.2. The van der Waals surface area contributed by atoms with Gasteiger partial charge < -0.3 is 4.90 Å². The first-order chi connectivity index (χ1) is 25.8. The highest BCUT2D eigenvalue weighted by Gasteiger charge is 2.53. The Kier molecular flexibility index (Phi) is 6.23. The Bertz CT molecular complexity index is 2800. The van der Waals surface area contributed by atoms with Gasteiger partial charge in [-0.2, -0.15) is 0 Å². The van der Waals surface area contributed by atoms with E-state index in [1.54, 1.807) is 0 Å². The molecule has 1 spiro atoms. The van der Waals surface area contributed by atoms with Crippen molar-refractivity contribution in [2.45, 2.75) is 5.41 Å². The monoisotopic (exact) mass is 659 g/mol. The van der Waals surface area contributed by atoms with E-state index in [9.17, 15) is 0 Å². The van der Waals surface area contributed by atoms with Gasteiger partial charge in [-0.3, -0.25) is 0 Å². The number of nitrogens with zero attached hydrogens (tertiary/aromatic N) is 1. The quantitative estimate of drug-likeness (QED) is 0.182. The predicted octanol–water partition coefficient (Wildman–Crippen LogP) is 13.5. The predicted molar refractivity (Wildman–Crippen MR) is 218 cm³/mol. The van der Waals surface area contributed by atoms with Gasteiger partial charge in [0.15, 0.2) is 0 Å². The molecule has 9 aromatic carbocycles. The first kappa shape index (κ1) is 29.1. The Labute approximate surface area is 303 Å². The van der Waals surface area contributed by atoms with E-state index in [1.807, 2.05) is 0 Å². The van der Waals surface area contributed by atoms with E-state index in [2.05, 4.69) is 205 Å². The van der Waals surface area contributed by atoms with Crippen molar-refractivity contribution < 1.29 is 0 Å². The molecule has 0 saturated carbocycles. The molecule has 0 atom stereocenters. The average molecular weight is 660 g/mol. The molecule has 0 heterocycles. The third-order valence-electron chi connectivity index (χ3n) is 11.4. The van der Waals surface area contributed by atoms with Crippen LogP contribution in [0.1, 0.15) is 22.3 Å². The maximum absolute atomic E-state index is 2.39. The Morgan fingerprint density at radius 1 is 0.308 bits per heavy atom. The van der Waals surface area contributed by atoms with Crippen LogP contribution >= 0.6 is 0 Å². The summed E-state index contributed by atoms with van der Waals surface area (Å²) in [6.07, 6.45) is 0. The van der Waals surface area contributed by atoms with Crippen LogP contribution in [0.5, 0.6) is 0 Å². The maximum Gasteiger partial charge on any atom is 0.0737 e. The number of para-hydroxylation sites is 1. The third kappa shape index (κ3) is 3.99. The zero-order valence-corrected chi connectivity index (χ0v) is 28.5. The summed E-state index contributed by atoms with van der Waals surface area (Å²) < 4.78 is 0. The minimum atomic E-state index is -0.442. The van der Waals surface area contributed by atoms with Gasteiger partial charge >= 0.3 is 0 Å². The Morgan fingerprint density at radius 2 is 0.846 bits per heavy atom. The Morgan fingerprint density at radius 3 is 1.58 bits per heavy atom. The van der Waals surface area contributed by atoms with Crippen LogP contribution in [0.15, 0.2) is 200 Å². The Hall–Kier alpha value is -6.70. The summed E-state index contributed by atoms with van der Waals surface area (Å²) in [5, 5.41) is 5.12. The van der Waals surface area contributed by atoms with Gasteiger partial charge in [0.2, 0.25) is 0 Å². The summed E-state index contributed by atoms with van der Waals surface area (Å²) in [4.78, 5) is 2.39. The van der Waals surface area contributed by atoms with Gasteiger partial charge in [0.25, 0.3) is 0 Å². The zero-order valence-electron chi connectivity index (χ0n) is 28.5. The second-order valence-corrected chi connectivity index (χ2v) is 14.0. The lowest BCUT2D eigenvalue weighted by Gasteiger charge is -2.32. The highest BCUT2D eigenvalue weighted by Crippen LogP contribution is 2.65. The van der Waals surface area contributed by atoms with E-state index in [0.717, 1.165) is 17.1 Å². The van der Waals surface area contributed by atoms with Crippen LogP contribution in [-0.2, 0) is 5.41 Å². The average Bonchev–Trinajstić information content (AvgIpc) is 3.69. The van der Waals surface area contributed by atoms with Crippen molar-refractivity contribution in [2.24, 2.45) is 0 Å². The lowest BCUT2D eigenvalue weighted by Crippen LogP contribution is -2.26. The molecule has 52 heavy (non-hydrogen) atoms. The molecule has 0 aliphatic heterocycles. The van der Waals surface area contributed by atoms with Gasteiger partial charge in [0, 0.05) is 17.1 Å². The highest BCUT2D eigenvalue weighted by atomic mass is 15.1. The molecule has 0 fully saturated rings. The standard InChI is InChI=1S/C51H33N/c1-3-14-34(15-4-1)36-17-13-20-39(32-36)52(38-18-5-2-6-19-38)40-28-31-42-37(33-40)27-30-46-45-29-26-35-16-7-8-21-41(35)49(45)51(50(42)46)47-24-11-9-22-43(47)44-23-10-12-25-48(44)51/h1-33H. The molecule has 1 nitrogen and oxygen atoms in total. The van der Waals surface area contributed by atoms with E-state index in [4.69, 9.17) is 0 Å².